The molecule has 1 aliphatic heterocycles. The second-order valence-electron chi connectivity index (χ2n) is 7.59. The molecule has 0 spiro atoms. The topological polar surface area (TPSA) is 81.1 Å². The lowest BCUT2D eigenvalue weighted by Gasteiger charge is -2.24. The van der Waals surface area contributed by atoms with Gasteiger partial charge in [-0.15, -0.1) is 5.10 Å². The Morgan fingerprint density at radius 2 is 1.76 bits per heavy atom. The summed E-state index contributed by atoms with van der Waals surface area (Å²) in [6.07, 6.45) is 1.97. The van der Waals surface area contributed by atoms with E-state index in [0.717, 1.165) is 16.8 Å². The van der Waals surface area contributed by atoms with E-state index in [-0.39, 0.29) is 23.7 Å². The van der Waals surface area contributed by atoms with Crippen molar-refractivity contribution in [2.75, 3.05) is 17.7 Å². The van der Waals surface area contributed by atoms with E-state index in [1.165, 1.54) is 12.1 Å². The minimum absolute atomic E-state index is 0.140. The molecule has 2 heterocycles. The SMILES string of the molecule is COc1ccc(C(=O)Nc2nc3n(n2)[C@H](c2ccc(F)cc2)C=C(c2ccc(Cl)cc2)N3)cc1. The van der Waals surface area contributed by atoms with Gasteiger partial charge in [-0.3, -0.25) is 10.1 Å². The molecule has 3 aromatic carbocycles. The van der Waals surface area contributed by atoms with Gasteiger partial charge in [0.25, 0.3) is 11.9 Å². The van der Waals surface area contributed by atoms with Gasteiger partial charge in [-0.05, 0) is 65.7 Å². The fourth-order valence-corrected chi connectivity index (χ4v) is 3.78. The minimum Gasteiger partial charge on any atom is -0.497 e. The number of nitrogens with zero attached hydrogens (tertiary/aromatic N) is 3. The minimum atomic E-state index is -0.373. The summed E-state index contributed by atoms with van der Waals surface area (Å²) >= 11 is 6.04. The lowest BCUT2D eigenvalue weighted by atomic mass is 10.0. The molecule has 34 heavy (non-hydrogen) atoms. The number of ether oxygens (including phenoxy) is 1. The van der Waals surface area contributed by atoms with Crippen LogP contribution >= 0.6 is 11.6 Å². The predicted molar refractivity (Wildman–Crippen MR) is 129 cm³/mol. The van der Waals surface area contributed by atoms with Gasteiger partial charge >= 0.3 is 0 Å². The number of hydrogen-bond acceptors (Lipinski definition) is 5. The number of rotatable bonds is 5. The summed E-state index contributed by atoms with van der Waals surface area (Å²) in [4.78, 5) is 17.2. The summed E-state index contributed by atoms with van der Waals surface area (Å²) in [5, 5.41) is 11.1. The Hall–Kier alpha value is -4.17. The largest absolute Gasteiger partial charge is 0.497 e. The summed E-state index contributed by atoms with van der Waals surface area (Å²) in [6.45, 7) is 0. The Balaban J connectivity index is 1.48. The van der Waals surface area contributed by atoms with Gasteiger partial charge in [0.15, 0.2) is 0 Å². The standard InChI is InChI=1S/C25H19ClFN5O2/c1-34-20-12-6-17(7-13-20)23(33)29-24-30-25-28-21(15-2-8-18(26)9-3-15)14-22(32(25)31-24)16-4-10-19(27)11-5-16/h2-14,22H,1H3,(H2,28,29,30,31,33)/t22-/m0/s1. The number of carbonyl (C=O) groups is 1. The number of amides is 1. The van der Waals surface area contributed by atoms with Gasteiger partial charge in [-0.25, -0.2) is 9.07 Å². The van der Waals surface area contributed by atoms with Crippen LogP contribution in [-0.2, 0) is 0 Å². The first-order chi connectivity index (χ1) is 16.5. The van der Waals surface area contributed by atoms with Gasteiger partial charge in [-0.2, -0.15) is 4.98 Å². The maximum atomic E-state index is 13.6. The zero-order chi connectivity index (χ0) is 23.7. The summed E-state index contributed by atoms with van der Waals surface area (Å²) in [5.74, 6) is 0.549. The van der Waals surface area contributed by atoms with Crippen molar-refractivity contribution in [2.24, 2.45) is 0 Å². The van der Waals surface area contributed by atoms with Crippen LogP contribution in [0, 0.1) is 5.82 Å². The van der Waals surface area contributed by atoms with Crippen LogP contribution in [0.3, 0.4) is 0 Å². The number of carbonyl (C=O) groups excluding carboxylic acids is 1. The van der Waals surface area contributed by atoms with E-state index in [9.17, 15) is 9.18 Å². The van der Waals surface area contributed by atoms with E-state index in [4.69, 9.17) is 16.3 Å². The summed E-state index contributed by atoms with van der Waals surface area (Å²) in [6, 6.07) is 19.9. The van der Waals surface area contributed by atoms with Gasteiger partial charge in [-0.1, -0.05) is 35.9 Å². The van der Waals surface area contributed by atoms with Crippen molar-refractivity contribution in [1.29, 1.82) is 0 Å². The average Bonchev–Trinajstić information content (AvgIpc) is 3.27. The molecule has 0 saturated carbocycles. The van der Waals surface area contributed by atoms with Crippen molar-refractivity contribution in [1.82, 2.24) is 14.8 Å². The predicted octanol–water partition coefficient (Wildman–Crippen LogP) is 5.39. The lowest BCUT2D eigenvalue weighted by Crippen LogP contribution is -2.20. The second-order valence-corrected chi connectivity index (χ2v) is 8.03. The molecule has 5 rings (SSSR count). The number of halogens is 2. The number of nitrogens with one attached hydrogen (secondary N) is 2. The highest BCUT2D eigenvalue weighted by Crippen LogP contribution is 2.33. The van der Waals surface area contributed by atoms with Gasteiger partial charge in [0.1, 0.15) is 17.6 Å². The number of aromatic nitrogens is 3. The molecular formula is C25H19ClFN5O2. The highest BCUT2D eigenvalue weighted by Gasteiger charge is 2.26. The van der Waals surface area contributed by atoms with E-state index in [2.05, 4.69) is 20.7 Å². The molecule has 0 saturated heterocycles. The number of benzene rings is 3. The van der Waals surface area contributed by atoms with Gasteiger partial charge in [0.05, 0.1) is 7.11 Å². The zero-order valence-electron chi connectivity index (χ0n) is 18.0. The molecule has 0 aliphatic carbocycles. The first kappa shape index (κ1) is 21.7. The third-order valence-corrected chi connectivity index (χ3v) is 5.66. The lowest BCUT2D eigenvalue weighted by molar-refractivity contribution is 0.102. The van der Waals surface area contributed by atoms with E-state index in [0.29, 0.717) is 22.3 Å². The van der Waals surface area contributed by atoms with Crippen LogP contribution in [0.5, 0.6) is 5.75 Å². The maximum Gasteiger partial charge on any atom is 0.258 e. The number of anilines is 2. The Kier molecular flexibility index (Phi) is 5.73. The molecule has 4 aromatic rings. The highest BCUT2D eigenvalue weighted by atomic mass is 35.5. The molecular weight excluding hydrogens is 457 g/mol. The molecule has 0 fully saturated rings. The van der Waals surface area contributed by atoms with Gasteiger partial charge in [0, 0.05) is 16.3 Å². The van der Waals surface area contributed by atoms with Crippen LogP contribution in [0.2, 0.25) is 5.02 Å². The first-order valence-corrected chi connectivity index (χ1v) is 10.8. The molecule has 1 aromatic heterocycles. The van der Waals surface area contributed by atoms with E-state index in [1.54, 1.807) is 60.3 Å². The van der Waals surface area contributed by atoms with Crippen LogP contribution < -0.4 is 15.4 Å². The number of fused-ring (bicyclic) bond motifs is 1. The molecule has 1 aliphatic rings. The van der Waals surface area contributed by atoms with E-state index in [1.807, 2.05) is 18.2 Å². The molecule has 7 nitrogen and oxygen atoms in total. The Morgan fingerprint density at radius 3 is 2.44 bits per heavy atom. The maximum absolute atomic E-state index is 13.6. The van der Waals surface area contributed by atoms with E-state index >= 15 is 0 Å². The Labute approximate surface area is 199 Å². The second kappa shape index (κ2) is 8.99. The monoisotopic (exact) mass is 475 g/mol. The highest BCUT2D eigenvalue weighted by molar-refractivity contribution is 6.30. The normalized spacial score (nSPS) is 14.6. The molecule has 170 valence electrons. The number of allylic oxidation sites excluding steroid dienone is 1. The molecule has 2 N–H and O–H groups in total. The van der Waals surface area contributed by atoms with Crippen molar-refractivity contribution < 1.29 is 13.9 Å². The van der Waals surface area contributed by atoms with Gasteiger partial charge in [0.2, 0.25) is 5.95 Å². The van der Waals surface area contributed by atoms with Crippen molar-refractivity contribution in [3.05, 3.63) is 106 Å². The van der Waals surface area contributed by atoms with Gasteiger partial charge < -0.3 is 10.1 Å². The van der Waals surface area contributed by atoms with Crippen LogP contribution in [0.4, 0.5) is 16.3 Å². The smallest absolute Gasteiger partial charge is 0.258 e. The number of methoxy groups -OCH3 is 1. The van der Waals surface area contributed by atoms with Crippen LogP contribution in [0.1, 0.15) is 27.5 Å². The van der Waals surface area contributed by atoms with Crippen molar-refractivity contribution in [3.63, 3.8) is 0 Å². The van der Waals surface area contributed by atoms with E-state index < -0.39 is 0 Å². The van der Waals surface area contributed by atoms with Crippen molar-refractivity contribution in [3.8, 4) is 5.75 Å². The molecule has 1 atom stereocenters. The fourth-order valence-electron chi connectivity index (χ4n) is 3.66. The average molecular weight is 476 g/mol. The summed E-state index contributed by atoms with van der Waals surface area (Å²) in [5.41, 5.74) is 2.94. The van der Waals surface area contributed by atoms with Crippen molar-refractivity contribution >= 4 is 35.1 Å². The molecule has 9 heteroatoms. The Morgan fingerprint density at radius 1 is 1.06 bits per heavy atom. The zero-order valence-corrected chi connectivity index (χ0v) is 18.8. The Bertz CT molecular complexity index is 1370. The summed E-state index contributed by atoms with van der Waals surface area (Å²) < 4.78 is 20.3. The quantitative estimate of drug-likeness (QED) is 0.404. The fraction of sp³-hybridized carbons (Fsp3) is 0.0800. The number of hydrogen-bond donors (Lipinski definition) is 2. The molecule has 0 unspecified atom stereocenters. The van der Waals surface area contributed by atoms with Crippen LogP contribution in [0.25, 0.3) is 5.70 Å². The molecule has 1 amide bonds. The van der Waals surface area contributed by atoms with Crippen LogP contribution in [-0.4, -0.2) is 27.8 Å². The third-order valence-electron chi connectivity index (χ3n) is 5.41. The molecule has 0 radical (unpaired) electrons. The first-order valence-electron chi connectivity index (χ1n) is 10.4. The van der Waals surface area contributed by atoms with Crippen molar-refractivity contribution in [2.45, 2.75) is 6.04 Å². The third kappa shape index (κ3) is 4.35. The summed E-state index contributed by atoms with van der Waals surface area (Å²) in [7, 11) is 1.56. The van der Waals surface area contributed by atoms with Crippen LogP contribution in [0.15, 0.2) is 78.9 Å². The molecule has 0 bridgehead atoms.